The van der Waals surface area contributed by atoms with Crippen LogP contribution in [0.5, 0.6) is 0 Å². The zero-order valence-corrected chi connectivity index (χ0v) is 10.5. The van der Waals surface area contributed by atoms with Crippen LogP contribution in [0.2, 0.25) is 0 Å². The van der Waals surface area contributed by atoms with Crippen LogP contribution in [-0.4, -0.2) is 18.4 Å². The SMILES string of the molecule is CC(=O)C[C@@H](CCOCc1ccccc1)N=[N+]=[N-]. The highest BCUT2D eigenvalue weighted by molar-refractivity contribution is 5.76. The van der Waals surface area contributed by atoms with Gasteiger partial charge in [-0.2, -0.15) is 0 Å². The monoisotopic (exact) mass is 247 g/mol. The standard InChI is InChI=1S/C13H17N3O2/c1-11(17)9-13(15-16-14)7-8-18-10-12-5-3-2-4-6-12/h2-6,13H,7-10H2,1H3/t13-/m1/s1. The highest BCUT2D eigenvalue weighted by Gasteiger charge is 2.09. The number of nitrogens with zero attached hydrogens (tertiary/aromatic N) is 3. The lowest BCUT2D eigenvalue weighted by atomic mass is 10.1. The van der Waals surface area contributed by atoms with Gasteiger partial charge in [-0.05, 0) is 24.4 Å². The molecule has 0 N–H and O–H groups in total. The van der Waals surface area contributed by atoms with E-state index < -0.39 is 0 Å². The second-order valence-electron chi connectivity index (χ2n) is 4.09. The molecule has 1 rings (SSSR count). The molecule has 5 nitrogen and oxygen atoms in total. The number of hydrogen-bond acceptors (Lipinski definition) is 3. The van der Waals surface area contributed by atoms with Crippen LogP contribution < -0.4 is 0 Å². The Kier molecular flexibility index (Phi) is 6.54. The molecular formula is C13H17N3O2. The van der Waals surface area contributed by atoms with Crippen molar-refractivity contribution >= 4 is 5.78 Å². The number of azide groups is 1. The summed E-state index contributed by atoms with van der Waals surface area (Å²) in [7, 11) is 0. The first-order valence-electron chi connectivity index (χ1n) is 5.87. The van der Waals surface area contributed by atoms with E-state index in [1.165, 1.54) is 6.92 Å². The maximum absolute atomic E-state index is 11.0. The fourth-order valence-corrected chi connectivity index (χ4v) is 1.59. The number of benzene rings is 1. The lowest BCUT2D eigenvalue weighted by Gasteiger charge is -2.09. The van der Waals surface area contributed by atoms with Crippen LogP contribution in [0.25, 0.3) is 10.4 Å². The smallest absolute Gasteiger partial charge is 0.130 e. The van der Waals surface area contributed by atoms with Crippen molar-refractivity contribution in [1.82, 2.24) is 0 Å². The zero-order valence-electron chi connectivity index (χ0n) is 10.5. The van der Waals surface area contributed by atoms with Gasteiger partial charge in [-0.25, -0.2) is 0 Å². The average Bonchev–Trinajstić information content (AvgIpc) is 2.35. The maximum atomic E-state index is 11.0. The van der Waals surface area contributed by atoms with Crippen molar-refractivity contribution in [2.75, 3.05) is 6.61 Å². The summed E-state index contributed by atoms with van der Waals surface area (Å²) in [5.74, 6) is 0.0236. The van der Waals surface area contributed by atoms with Crippen molar-refractivity contribution < 1.29 is 9.53 Å². The van der Waals surface area contributed by atoms with Gasteiger partial charge in [-0.1, -0.05) is 35.4 Å². The molecule has 0 aliphatic carbocycles. The predicted molar refractivity (Wildman–Crippen MR) is 68.9 cm³/mol. The number of Topliss-reactive ketones (excluding diaryl/α,β-unsaturated/α-hetero) is 1. The van der Waals surface area contributed by atoms with Crippen molar-refractivity contribution in [3.05, 3.63) is 46.3 Å². The molecule has 0 amide bonds. The molecule has 96 valence electrons. The van der Waals surface area contributed by atoms with Gasteiger partial charge in [0, 0.05) is 24.0 Å². The van der Waals surface area contributed by atoms with Crippen LogP contribution in [0.15, 0.2) is 35.4 Å². The number of carbonyl (C=O) groups excluding carboxylic acids is 1. The number of hydrogen-bond donors (Lipinski definition) is 0. The Morgan fingerprint density at radius 1 is 1.44 bits per heavy atom. The summed E-state index contributed by atoms with van der Waals surface area (Å²) in [5.41, 5.74) is 9.49. The van der Waals surface area contributed by atoms with Crippen LogP contribution >= 0.6 is 0 Å². The van der Waals surface area contributed by atoms with Crippen LogP contribution in [-0.2, 0) is 16.1 Å². The normalized spacial score (nSPS) is 11.6. The van der Waals surface area contributed by atoms with E-state index in [9.17, 15) is 4.79 Å². The first kappa shape index (κ1) is 14.2. The molecule has 0 unspecified atom stereocenters. The van der Waals surface area contributed by atoms with Crippen LogP contribution in [0.4, 0.5) is 0 Å². The summed E-state index contributed by atoms with van der Waals surface area (Å²) in [6, 6.07) is 9.53. The molecular weight excluding hydrogens is 230 g/mol. The molecule has 1 atom stereocenters. The summed E-state index contributed by atoms with van der Waals surface area (Å²) < 4.78 is 5.48. The Morgan fingerprint density at radius 2 is 2.17 bits per heavy atom. The number of carbonyl (C=O) groups is 1. The fraction of sp³-hybridized carbons (Fsp3) is 0.462. The lowest BCUT2D eigenvalue weighted by molar-refractivity contribution is -0.117. The van der Waals surface area contributed by atoms with E-state index in [0.29, 0.717) is 19.6 Å². The molecule has 0 aliphatic heterocycles. The van der Waals surface area contributed by atoms with Gasteiger partial charge >= 0.3 is 0 Å². The number of rotatable bonds is 8. The molecule has 0 heterocycles. The Morgan fingerprint density at radius 3 is 2.78 bits per heavy atom. The molecule has 0 fully saturated rings. The van der Waals surface area contributed by atoms with E-state index in [1.54, 1.807) is 0 Å². The molecule has 18 heavy (non-hydrogen) atoms. The first-order chi connectivity index (χ1) is 8.72. The Bertz CT molecular complexity index is 414. The molecule has 0 spiro atoms. The third kappa shape index (κ3) is 6.03. The van der Waals surface area contributed by atoms with E-state index in [2.05, 4.69) is 10.0 Å². The molecule has 0 radical (unpaired) electrons. The second kappa shape index (κ2) is 8.28. The lowest BCUT2D eigenvalue weighted by Crippen LogP contribution is -2.12. The Labute approximate surface area is 106 Å². The maximum Gasteiger partial charge on any atom is 0.130 e. The van der Waals surface area contributed by atoms with E-state index in [4.69, 9.17) is 10.3 Å². The quantitative estimate of drug-likeness (QED) is 0.306. The van der Waals surface area contributed by atoms with Crippen molar-refractivity contribution in [3.63, 3.8) is 0 Å². The molecule has 0 saturated heterocycles. The van der Waals surface area contributed by atoms with Crippen LogP contribution in [0.3, 0.4) is 0 Å². The van der Waals surface area contributed by atoms with Crippen molar-refractivity contribution in [2.24, 2.45) is 5.11 Å². The van der Waals surface area contributed by atoms with Crippen LogP contribution in [0.1, 0.15) is 25.3 Å². The van der Waals surface area contributed by atoms with Crippen molar-refractivity contribution in [1.29, 1.82) is 0 Å². The fourth-order valence-electron chi connectivity index (χ4n) is 1.59. The number of ketones is 1. The van der Waals surface area contributed by atoms with Crippen molar-refractivity contribution in [3.8, 4) is 0 Å². The van der Waals surface area contributed by atoms with Gasteiger partial charge in [0.25, 0.3) is 0 Å². The minimum absolute atomic E-state index is 0.0236. The summed E-state index contributed by atoms with van der Waals surface area (Å²) in [6.07, 6.45) is 0.842. The van der Waals surface area contributed by atoms with Gasteiger partial charge in [0.2, 0.25) is 0 Å². The summed E-state index contributed by atoms with van der Waals surface area (Å²) in [6.45, 7) is 2.50. The van der Waals surface area contributed by atoms with Crippen molar-refractivity contribution in [2.45, 2.75) is 32.4 Å². The highest BCUT2D eigenvalue weighted by atomic mass is 16.5. The van der Waals surface area contributed by atoms with E-state index in [0.717, 1.165) is 5.56 Å². The Balaban J connectivity index is 2.26. The predicted octanol–water partition coefficient (Wildman–Crippen LogP) is 3.25. The van der Waals surface area contributed by atoms with E-state index in [-0.39, 0.29) is 18.2 Å². The molecule has 0 bridgehead atoms. The first-order valence-corrected chi connectivity index (χ1v) is 5.87. The third-order valence-corrected chi connectivity index (χ3v) is 2.44. The van der Waals surface area contributed by atoms with Gasteiger partial charge in [0.05, 0.1) is 6.61 Å². The summed E-state index contributed by atoms with van der Waals surface area (Å²) in [5, 5.41) is 3.59. The topological polar surface area (TPSA) is 75.1 Å². The largest absolute Gasteiger partial charge is 0.377 e. The van der Waals surface area contributed by atoms with Gasteiger partial charge in [0.15, 0.2) is 0 Å². The molecule has 1 aromatic carbocycles. The van der Waals surface area contributed by atoms with Gasteiger partial charge < -0.3 is 9.53 Å². The number of ether oxygens (including phenoxy) is 1. The van der Waals surface area contributed by atoms with Crippen LogP contribution in [0, 0.1) is 0 Å². The van der Waals surface area contributed by atoms with E-state index in [1.807, 2.05) is 30.3 Å². The van der Waals surface area contributed by atoms with Gasteiger partial charge in [-0.3, -0.25) is 0 Å². The summed E-state index contributed by atoms with van der Waals surface area (Å²) >= 11 is 0. The molecule has 0 saturated carbocycles. The minimum atomic E-state index is -0.303. The molecule has 0 aliphatic rings. The van der Waals surface area contributed by atoms with E-state index >= 15 is 0 Å². The average molecular weight is 247 g/mol. The van der Waals surface area contributed by atoms with Gasteiger partial charge in [0.1, 0.15) is 5.78 Å². The molecule has 0 aromatic heterocycles. The minimum Gasteiger partial charge on any atom is -0.377 e. The molecule has 5 heteroatoms. The third-order valence-electron chi connectivity index (χ3n) is 2.44. The second-order valence-corrected chi connectivity index (χ2v) is 4.09. The Hall–Kier alpha value is -1.84. The zero-order chi connectivity index (χ0) is 13.2. The highest BCUT2D eigenvalue weighted by Crippen LogP contribution is 2.07. The van der Waals surface area contributed by atoms with Gasteiger partial charge in [-0.15, -0.1) is 0 Å². The molecule has 1 aromatic rings. The summed E-state index contributed by atoms with van der Waals surface area (Å²) in [4.78, 5) is 13.7.